The lowest BCUT2D eigenvalue weighted by atomic mass is 10.2. The minimum atomic E-state index is -4.46. The Morgan fingerprint density at radius 3 is 2.72 bits per heavy atom. The van der Waals surface area contributed by atoms with Gasteiger partial charge in [0.15, 0.2) is 5.11 Å². The van der Waals surface area contributed by atoms with Crippen molar-refractivity contribution in [2.24, 2.45) is 5.73 Å². The number of rotatable bonds is 3. The molecule has 0 aliphatic carbocycles. The van der Waals surface area contributed by atoms with E-state index in [-0.39, 0.29) is 16.5 Å². The molecule has 0 aliphatic heterocycles. The molecule has 0 fully saturated rings. The Balaban J connectivity index is 2.71. The van der Waals surface area contributed by atoms with Crippen LogP contribution in [0.2, 0.25) is 0 Å². The highest BCUT2D eigenvalue weighted by Crippen LogP contribution is 2.13. The first kappa shape index (κ1) is 14.2. The Bertz CT molecular complexity index is 463. The Labute approximate surface area is 106 Å². The molecule has 0 atom stereocenters. The van der Waals surface area contributed by atoms with Gasteiger partial charge in [-0.3, -0.25) is 4.79 Å². The first-order chi connectivity index (χ1) is 8.28. The van der Waals surface area contributed by atoms with Gasteiger partial charge in [0.1, 0.15) is 12.4 Å². The highest BCUT2D eigenvalue weighted by Gasteiger charge is 2.27. The summed E-state index contributed by atoms with van der Waals surface area (Å²) >= 11 is 4.56. The van der Waals surface area contributed by atoms with Gasteiger partial charge in [0.05, 0.1) is 0 Å². The van der Waals surface area contributed by atoms with Crippen molar-refractivity contribution in [2.75, 3.05) is 11.9 Å². The van der Waals surface area contributed by atoms with Crippen molar-refractivity contribution in [2.45, 2.75) is 6.18 Å². The average Bonchev–Trinajstić information content (AvgIpc) is 2.24. The van der Waals surface area contributed by atoms with E-state index >= 15 is 0 Å². The number of aromatic nitrogens is 1. The first-order valence-electron chi connectivity index (χ1n) is 4.65. The zero-order valence-corrected chi connectivity index (χ0v) is 9.73. The summed E-state index contributed by atoms with van der Waals surface area (Å²) in [5.74, 6) is -0.678. The molecule has 0 saturated carbocycles. The summed E-state index contributed by atoms with van der Waals surface area (Å²) in [4.78, 5) is 15.2. The minimum absolute atomic E-state index is 0.0213. The molecule has 18 heavy (non-hydrogen) atoms. The molecule has 4 N–H and O–H groups in total. The first-order valence-corrected chi connectivity index (χ1v) is 5.06. The van der Waals surface area contributed by atoms with E-state index in [0.717, 1.165) is 0 Å². The van der Waals surface area contributed by atoms with E-state index < -0.39 is 18.6 Å². The molecular weight excluding hydrogens is 269 g/mol. The summed E-state index contributed by atoms with van der Waals surface area (Å²) in [6, 6.07) is 2.52. The molecule has 0 bridgehead atoms. The van der Waals surface area contributed by atoms with Crippen LogP contribution in [-0.4, -0.2) is 28.7 Å². The van der Waals surface area contributed by atoms with Crippen LogP contribution in [0.25, 0.3) is 0 Å². The van der Waals surface area contributed by atoms with Crippen LogP contribution in [0.5, 0.6) is 0 Å². The van der Waals surface area contributed by atoms with E-state index in [1.807, 2.05) is 0 Å². The third kappa shape index (κ3) is 4.95. The average molecular weight is 278 g/mol. The molecule has 1 aromatic heterocycles. The van der Waals surface area contributed by atoms with Crippen molar-refractivity contribution >= 4 is 29.1 Å². The molecule has 9 heteroatoms. The number of hydrogen-bond acceptors (Lipinski definition) is 3. The molecule has 0 saturated heterocycles. The van der Waals surface area contributed by atoms with Gasteiger partial charge < -0.3 is 16.4 Å². The molecule has 1 heterocycles. The maximum absolute atomic E-state index is 11.9. The molecule has 1 amide bonds. The smallest absolute Gasteiger partial charge is 0.376 e. The van der Waals surface area contributed by atoms with Crippen LogP contribution in [0.15, 0.2) is 18.3 Å². The molecule has 5 nitrogen and oxygen atoms in total. The van der Waals surface area contributed by atoms with E-state index in [0.29, 0.717) is 0 Å². The molecule has 0 spiro atoms. The number of thiocarbonyl (C=S) groups is 1. The molecular formula is C9H9F3N4OS. The zero-order chi connectivity index (χ0) is 13.8. The summed E-state index contributed by atoms with van der Waals surface area (Å²) < 4.78 is 35.7. The van der Waals surface area contributed by atoms with Crippen LogP contribution in [0.3, 0.4) is 0 Å². The van der Waals surface area contributed by atoms with Gasteiger partial charge in [-0.15, -0.1) is 0 Å². The van der Waals surface area contributed by atoms with Crippen LogP contribution in [0.1, 0.15) is 10.4 Å². The van der Waals surface area contributed by atoms with Crippen LogP contribution >= 0.6 is 12.2 Å². The zero-order valence-electron chi connectivity index (χ0n) is 8.91. The second kappa shape index (κ2) is 5.63. The van der Waals surface area contributed by atoms with Crippen LogP contribution in [0.4, 0.5) is 19.0 Å². The number of pyridine rings is 1. The predicted molar refractivity (Wildman–Crippen MR) is 63.0 cm³/mol. The van der Waals surface area contributed by atoms with Crippen LogP contribution in [0, 0.1) is 0 Å². The maximum atomic E-state index is 11.9. The van der Waals surface area contributed by atoms with Crippen LogP contribution in [-0.2, 0) is 0 Å². The number of amides is 1. The van der Waals surface area contributed by atoms with Crippen molar-refractivity contribution in [3.8, 4) is 0 Å². The van der Waals surface area contributed by atoms with Crippen molar-refractivity contribution in [3.05, 3.63) is 23.9 Å². The molecule has 0 unspecified atom stereocenters. The maximum Gasteiger partial charge on any atom is 0.405 e. The highest BCUT2D eigenvalue weighted by molar-refractivity contribution is 7.80. The van der Waals surface area contributed by atoms with Gasteiger partial charge in [-0.05, 0) is 24.4 Å². The van der Waals surface area contributed by atoms with Gasteiger partial charge in [0.25, 0.3) is 5.91 Å². The molecule has 1 rings (SSSR count). The summed E-state index contributed by atoms with van der Waals surface area (Å²) in [6.07, 6.45) is -3.20. The number of hydrogen-bond donors (Lipinski definition) is 3. The van der Waals surface area contributed by atoms with E-state index in [4.69, 9.17) is 5.73 Å². The Morgan fingerprint density at radius 2 is 2.17 bits per heavy atom. The predicted octanol–water partition coefficient (Wildman–Crippen LogP) is 1.03. The molecule has 1 aromatic rings. The van der Waals surface area contributed by atoms with Gasteiger partial charge in [0.2, 0.25) is 0 Å². The van der Waals surface area contributed by atoms with E-state index in [1.165, 1.54) is 18.3 Å². The molecule has 0 aliphatic rings. The van der Waals surface area contributed by atoms with Gasteiger partial charge in [-0.25, -0.2) is 4.98 Å². The highest BCUT2D eigenvalue weighted by atomic mass is 32.1. The number of carbonyl (C=O) groups is 1. The van der Waals surface area contributed by atoms with Crippen LogP contribution < -0.4 is 16.4 Å². The molecule has 0 radical (unpaired) electrons. The minimum Gasteiger partial charge on any atom is -0.376 e. The largest absolute Gasteiger partial charge is 0.405 e. The summed E-state index contributed by atoms with van der Waals surface area (Å²) in [5, 5.41) is 4.14. The fourth-order valence-electron chi connectivity index (χ4n) is 1.05. The van der Waals surface area contributed by atoms with Crippen molar-refractivity contribution < 1.29 is 18.0 Å². The van der Waals surface area contributed by atoms with E-state index in [2.05, 4.69) is 22.5 Å². The second-order valence-electron chi connectivity index (χ2n) is 3.22. The summed E-state index contributed by atoms with van der Waals surface area (Å²) in [5.41, 5.74) is 5.22. The number of carbonyl (C=O) groups excluding carboxylic acids is 1. The van der Waals surface area contributed by atoms with Gasteiger partial charge >= 0.3 is 6.18 Å². The topological polar surface area (TPSA) is 80.0 Å². The number of anilines is 1. The van der Waals surface area contributed by atoms with Gasteiger partial charge in [-0.2, -0.15) is 13.2 Å². The number of nitrogens with one attached hydrogen (secondary N) is 2. The summed E-state index contributed by atoms with van der Waals surface area (Å²) in [7, 11) is 0. The van der Waals surface area contributed by atoms with Gasteiger partial charge in [0, 0.05) is 11.8 Å². The van der Waals surface area contributed by atoms with Crippen molar-refractivity contribution in [3.63, 3.8) is 0 Å². The number of nitrogens with two attached hydrogens (primary N) is 1. The van der Waals surface area contributed by atoms with E-state index in [9.17, 15) is 18.0 Å². The van der Waals surface area contributed by atoms with Crippen molar-refractivity contribution in [1.82, 2.24) is 10.3 Å². The standard InChI is InChI=1S/C9H9F3N4OS/c10-9(11,12)4-15-7(17)5-1-2-14-6(3-5)16-8(13)18/h1-3H,4H2,(H,15,17)(H3,13,14,16,18). The lowest BCUT2D eigenvalue weighted by Crippen LogP contribution is -2.33. The van der Waals surface area contributed by atoms with E-state index in [1.54, 1.807) is 5.32 Å². The Morgan fingerprint density at radius 1 is 1.50 bits per heavy atom. The Kier molecular flexibility index (Phi) is 4.43. The summed E-state index contributed by atoms with van der Waals surface area (Å²) in [6.45, 7) is -1.40. The number of alkyl halides is 3. The fraction of sp³-hybridized carbons (Fsp3) is 0.222. The van der Waals surface area contributed by atoms with Crippen molar-refractivity contribution in [1.29, 1.82) is 0 Å². The lowest BCUT2D eigenvalue weighted by Gasteiger charge is -2.09. The lowest BCUT2D eigenvalue weighted by molar-refractivity contribution is -0.123. The number of nitrogens with zero attached hydrogens (tertiary/aromatic N) is 1. The number of halogens is 3. The normalized spacial score (nSPS) is 10.8. The molecule has 0 aromatic carbocycles. The monoisotopic (exact) mass is 278 g/mol. The third-order valence-corrected chi connectivity index (χ3v) is 1.82. The Hall–Kier alpha value is -1.90. The van der Waals surface area contributed by atoms with Gasteiger partial charge in [-0.1, -0.05) is 0 Å². The quantitative estimate of drug-likeness (QED) is 0.720. The SMILES string of the molecule is NC(=S)Nc1cc(C(=O)NCC(F)(F)F)ccn1. The second-order valence-corrected chi connectivity index (χ2v) is 3.66. The molecule has 98 valence electrons. The third-order valence-electron chi connectivity index (χ3n) is 1.72. The fourth-order valence-corrected chi connectivity index (χ4v) is 1.15.